The Morgan fingerprint density at radius 1 is 0.697 bits per heavy atom. The Hall–Kier alpha value is -5.38. The van der Waals surface area contributed by atoms with Crippen molar-refractivity contribution in [3.8, 4) is 0 Å². The van der Waals surface area contributed by atoms with Crippen LogP contribution in [0.2, 0.25) is 0 Å². The third kappa shape index (κ3) is 10.7. The van der Waals surface area contributed by atoms with Gasteiger partial charge < -0.3 is 68.6 Å². The van der Waals surface area contributed by atoms with E-state index in [9.17, 15) is 34.5 Å². The maximum absolute atomic E-state index is 13.6. The molecule has 4 aliphatic heterocycles. The number of aliphatic hydroxyl groups is 3. The van der Waals surface area contributed by atoms with Gasteiger partial charge in [-0.2, -0.15) is 0 Å². The molecule has 3 aromatic carbocycles. The van der Waals surface area contributed by atoms with Crippen LogP contribution in [0.4, 0.5) is 14.4 Å². The van der Waals surface area contributed by atoms with E-state index >= 15 is 0 Å². The zero-order valence-corrected chi connectivity index (χ0v) is 36.7. The van der Waals surface area contributed by atoms with Gasteiger partial charge in [-0.1, -0.05) is 92.7 Å². The second-order valence-corrected chi connectivity index (χ2v) is 17.5. The van der Waals surface area contributed by atoms with Gasteiger partial charge in [0.15, 0.2) is 31.1 Å². The molecule has 66 heavy (non-hydrogen) atoms. The summed E-state index contributed by atoms with van der Waals surface area (Å²) in [6, 6.07) is 23.1. The first kappa shape index (κ1) is 47.1. The zero-order valence-electron chi connectivity index (χ0n) is 36.7. The van der Waals surface area contributed by atoms with Gasteiger partial charge in [-0.3, -0.25) is 4.90 Å². The maximum atomic E-state index is 13.6. The number of hydrogen-bond donors (Lipinski definition) is 5. The molecule has 3 amide bonds. The minimum Gasteiger partial charge on any atom is -0.454 e. The van der Waals surface area contributed by atoms with E-state index in [0.29, 0.717) is 6.42 Å². The molecule has 5 fully saturated rings. The van der Waals surface area contributed by atoms with E-state index in [-0.39, 0.29) is 44.1 Å². The molecule has 0 spiro atoms. The molecule has 356 valence electrons. The Labute approximate surface area is 381 Å². The minimum absolute atomic E-state index is 0.0714. The van der Waals surface area contributed by atoms with E-state index in [1.807, 2.05) is 26.0 Å². The fourth-order valence-electron chi connectivity index (χ4n) is 9.24. The van der Waals surface area contributed by atoms with Gasteiger partial charge >= 0.3 is 24.2 Å². The van der Waals surface area contributed by atoms with Crippen molar-refractivity contribution in [1.82, 2.24) is 15.5 Å². The van der Waals surface area contributed by atoms with Crippen molar-refractivity contribution in [3.05, 3.63) is 108 Å². The van der Waals surface area contributed by atoms with Crippen molar-refractivity contribution in [3.63, 3.8) is 0 Å². The van der Waals surface area contributed by atoms with Gasteiger partial charge in [0.2, 0.25) is 0 Å². The molecule has 5 N–H and O–H groups in total. The molecule has 0 aromatic heterocycles. The first-order valence-corrected chi connectivity index (χ1v) is 22.2. The fraction of sp³-hybridized carbons (Fsp3) is 0.532. The zero-order chi connectivity index (χ0) is 46.5. The van der Waals surface area contributed by atoms with Crippen LogP contribution in [0.5, 0.6) is 0 Å². The predicted molar refractivity (Wildman–Crippen MR) is 228 cm³/mol. The molecule has 3 aromatic rings. The van der Waals surface area contributed by atoms with E-state index in [1.54, 1.807) is 78.9 Å². The number of amides is 3. The molecule has 1 saturated carbocycles. The highest BCUT2D eigenvalue weighted by Gasteiger charge is 2.60. The summed E-state index contributed by atoms with van der Waals surface area (Å²) in [4.78, 5) is 55.0. The molecular weight excluding hydrogens is 863 g/mol. The number of alkyl carbamates (subject to hydrolysis) is 2. The van der Waals surface area contributed by atoms with Crippen LogP contribution in [-0.2, 0) is 55.8 Å². The normalized spacial score (nSPS) is 35.1. The lowest BCUT2D eigenvalue weighted by atomic mass is 9.83. The standard InChI is InChI=1S/C47H57N3O16/c1-25-19-32(52)43(61-34(25)22-51)66-44-35-40(65-47(57)50(35)3)39-33(60-44)20-26(2)42(64-39)63-38-31(49-46(56)59-24-28-15-9-5-10-16-28)21-30(48-45(55)58-23-27-13-7-4-8-14-27)37(36(38)53)62-41(54)29-17-11-6-12-18-29/h4-18,25-26,30-40,42-44,51-53H,19-24H2,1-3H3,(H,48,55)(H,49,56)/t25-,26-,30+,31?,32?,33-,34?,35?,36+,37?,38+,39?,40?,42-,43+,44?/m0/s1. The van der Waals surface area contributed by atoms with E-state index in [2.05, 4.69) is 10.6 Å². The lowest BCUT2D eigenvalue weighted by Gasteiger charge is -2.51. The molecule has 1 aliphatic carbocycles. The number of rotatable bonds is 13. The predicted octanol–water partition coefficient (Wildman–Crippen LogP) is 3.37. The summed E-state index contributed by atoms with van der Waals surface area (Å²) in [5.74, 6) is -1.39. The minimum atomic E-state index is -1.70. The Morgan fingerprint density at radius 3 is 1.89 bits per heavy atom. The molecule has 4 heterocycles. The van der Waals surface area contributed by atoms with Gasteiger partial charge in [0, 0.05) is 13.0 Å². The third-order valence-electron chi connectivity index (χ3n) is 12.8. The Morgan fingerprint density at radius 2 is 1.29 bits per heavy atom. The highest BCUT2D eigenvalue weighted by atomic mass is 16.8. The highest BCUT2D eigenvalue weighted by molar-refractivity contribution is 5.89. The van der Waals surface area contributed by atoms with E-state index in [4.69, 9.17) is 42.6 Å². The number of hydrogen-bond acceptors (Lipinski definition) is 16. The van der Waals surface area contributed by atoms with Gasteiger partial charge in [-0.25, -0.2) is 19.2 Å². The average Bonchev–Trinajstić information content (AvgIpc) is 3.62. The van der Waals surface area contributed by atoms with E-state index < -0.39 is 116 Å². The van der Waals surface area contributed by atoms with Crippen LogP contribution in [-0.4, -0.2) is 144 Å². The van der Waals surface area contributed by atoms with Crippen molar-refractivity contribution in [2.45, 2.75) is 132 Å². The third-order valence-corrected chi connectivity index (χ3v) is 12.8. The topological polar surface area (TPSA) is 239 Å². The van der Waals surface area contributed by atoms with Gasteiger partial charge in [0.25, 0.3) is 0 Å². The first-order chi connectivity index (χ1) is 31.9. The van der Waals surface area contributed by atoms with E-state index in [1.165, 1.54) is 11.9 Å². The van der Waals surface area contributed by atoms with Gasteiger partial charge in [-0.05, 0) is 48.4 Å². The van der Waals surface area contributed by atoms with Crippen molar-refractivity contribution < 1.29 is 77.1 Å². The summed E-state index contributed by atoms with van der Waals surface area (Å²) < 4.78 is 54.8. The van der Waals surface area contributed by atoms with Crippen LogP contribution in [0.3, 0.4) is 0 Å². The number of nitrogens with one attached hydrogen (secondary N) is 2. The molecule has 19 heteroatoms. The number of carbonyl (C=O) groups excluding carboxylic acids is 4. The smallest absolute Gasteiger partial charge is 0.410 e. The quantitative estimate of drug-likeness (QED) is 0.122. The second-order valence-electron chi connectivity index (χ2n) is 17.5. The van der Waals surface area contributed by atoms with Crippen molar-refractivity contribution in [1.29, 1.82) is 0 Å². The molecule has 0 bridgehead atoms. The lowest BCUT2D eigenvalue weighted by Crippen LogP contribution is -2.68. The molecule has 4 saturated heterocycles. The van der Waals surface area contributed by atoms with Crippen LogP contribution in [0.25, 0.3) is 0 Å². The fourth-order valence-corrected chi connectivity index (χ4v) is 9.24. The first-order valence-electron chi connectivity index (χ1n) is 22.2. The average molecular weight is 920 g/mol. The summed E-state index contributed by atoms with van der Waals surface area (Å²) in [6.07, 6.45) is -14.0. The van der Waals surface area contributed by atoms with Crippen LogP contribution in [0, 0.1) is 11.8 Å². The maximum Gasteiger partial charge on any atom is 0.410 e. The number of carbonyl (C=O) groups is 4. The van der Waals surface area contributed by atoms with Crippen molar-refractivity contribution in [2.24, 2.45) is 11.8 Å². The summed E-state index contributed by atoms with van der Waals surface area (Å²) >= 11 is 0. The van der Waals surface area contributed by atoms with Crippen LogP contribution in [0.15, 0.2) is 91.0 Å². The second kappa shape index (κ2) is 21.1. The molecule has 16 atom stereocenters. The molecule has 19 nitrogen and oxygen atoms in total. The SMILES string of the molecule is C[C@H]1CC(O)[C@@H](OC2O[C@H]3C[C@H](C)[C@@H](O[C@@H]4C(NC(=O)OCc5ccccc5)C[C@@H](NC(=O)OCc5ccccc5)C(OC(=O)c5ccccc5)[C@H]4O)OC3C3OC(=O)N(C)C23)OC1CO. The van der Waals surface area contributed by atoms with Gasteiger partial charge in [-0.15, -0.1) is 0 Å². The Bertz CT molecular complexity index is 2110. The lowest BCUT2D eigenvalue weighted by molar-refractivity contribution is -0.371. The number of benzene rings is 3. The number of ether oxygens (including phenoxy) is 9. The van der Waals surface area contributed by atoms with Crippen LogP contribution < -0.4 is 10.6 Å². The van der Waals surface area contributed by atoms with E-state index in [0.717, 1.165) is 11.1 Å². The molecule has 5 aliphatic rings. The molecular formula is C47H57N3O16. The van der Waals surface area contributed by atoms with Crippen molar-refractivity contribution in [2.75, 3.05) is 13.7 Å². The van der Waals surface area contributed by atoms with Crippen LogP contribution >= 0.6 is 0 Å². The number of likely N-dealkylation sites (N-methyl/N-ethyl adjacent to an activating group) is 1. The summed E-state index contributed by atoms with van der Waals surface area (Å²) in [5, 5.41) is 38.7. The summed E-state index contributed by atoms with van der Waals surface area (Å²) in [5.41, 5.74) is 1.63. The van der Waals surface area contributed by atoms with Crippen LogP contribution in [0.1, 0.15) is 54.6 Å². The number of esters is 1. The Balaban J connectivity index is 1.03. The molecule has 0 radical (unpaired) electrons. The number of fused-ring (bicyclic) bond motifs is 3. The van der Waals surface area contributed by atoms with Gasteiger partial charge in [0.1, 0.15) is 43.7 Å². The number of nitrogens with zero attached hydrogens (tertiary/aromatic N) is 1. The Kier molecular flexibility index (Phi) is 15.0. The van der Waals surface area contributed by atoms with Gasteiger partial charge in [0.05, 0.1) is 36.5 Å². The molecule has 8 rings (SSSR count). The largest absolute Gasteiger partial charge is 0.454 e. The van der Waals surface area contributed by atoms with Crippen molar-refractivity contribution >= 4 is 24.2 Å². The molecule has 8 unspecified atom stereocenters. The summed E-state index contributed by atoms with van der Waals surface area (Å²) in [7, 11) is 1.52. The monoisotopic (exact) mass is 919 g/mol. The number of aliphatic hydroxyl groups excluding tert-OH is 3. The summed E-state index contributed by atoms with van der Waals surface area (Å²) in [6.45, 7) is 3.26. The highest BCUT2D eigenvalue weighted by Crippen LogP contribution is 2.43.